The number of hydrogen-bond acceptors (Lipinski definition) is 1. The second-order valence-corrected chi connectivity index (χ2v) is 2.20. The predicted molar refractivity (Wildman–Crippen MR) is 30.7 cm³/mol. The Kier molecular flexibility index (Phi) is 5.46. The fourth-order valence-corrected chi connectivity index (χ4v) is 0.953. The maximum absolute atomic E-state index is 5.61. The molecule has 0 aromatic heterocycles. The molecule has 0 aliphatic heterocycles. The van der Waals surface area contributed by atoms with Crippen molar-refractivity contribution in [2.75, 3.05) is 0 Å². The molecule has 0 aromatic rings. The first-order valence-corrected chi connectivity index (χ1v) is 2.97. The normalized spacial score (nSPS) is 22.1. The predicted octanol–water partition coefficient (Wildman–Crippen LogP) is 1.09. The standard InChI is InChI=1S/C6H12N.U/c7-6-4-2-1-3-5-6;/h1,6H,2-5,7H2;/q-1;. The van der Waals surface area contributed by atoms with E-state index in [1.165, 1.54) is 25.7 Å². The van der Waals surface area contributed by atoms with Crippen molar-refractivity contribution in [1.82, 2.24) is 0 Å². The zero-order valence-corrected chi connectivity index (χ0v) is 9.22. The zero-order chi connectivity index (χ0) is 5.11. The molecule has 0 unspecified atom stereocenters. The van der Waals surface area contributed by atoms with Gasteiger partial charge in [0.2, 0.25) is 0 Å². The van der Waals surface area contributed by atoms with E-state index in [1.807, 2.05) is 0 Å². The van der Waals surface area contributed by atoms with Gasteiger partial charge in [0, 0.05) is 31.1 Å². The fraction of sp³-hybridized carbons (Fsp3) is 0.833. The molecule has 46 valence electrons. The summed E-state index contributed by atoms with van der Waals surface area (Å²) in [5.74, 6) is 0. The van der Waals surface area contributed by atoms with Crippen LogP contribution < -0.4 is 5.73 Å². The van der Waals surface area contributed by atoms with Gasteiger partial charge in [0.25, 0.3) is 0 Å². The molecule has 0 spiro atoms. The van der Waals surface area contributed by atoms with Crippen molar-refractivity contribution in [3.05, 3.63) is 6.42 Å². The van der Waals surface area contributed by atoms with Gasteiger partial charge in [0.1, 0.15) is 0 Å². The second kappa shape index (κ2) is 4.85. The Labute approximate surface area is 74.8 Å². The van der Waals surface area contributed by atoms with Gasteiger partial charge >= 0.3 is 0 Å². The summed E-state index contributed by atoms with van der Waals surface area (Å²) in [4.78, 5) is 0. The number of rotatable bonds is 0. The van der Waals surface area contributed by atoms with Gasteiger partial charge in [0.05, 0.1) is 0 Å². The van der Waals surface area contributed by atoms with E-state index in [-0.39, 0.29) is 31.1 Å². The summed E-state index contributed by atoms with van der Waals surface area (Å²) < 4.78 is 0. The molecule has 1 fully saturated rings. The summed E-state index contributed by atoms with van der Waals surface area (Å²) in [5.41, 5.74) is 5.61. The Balaban J connectivity index is 0.000000490. The Hall–Kier alpha value is 1.01. The van der Waals surface area contributed by atoms with Crippen molar-refractivity contribution in [2.24, 2.45) is 5.73 Å². The summed E-state index contributed by atoms with van der Waals surface area (Å²) in [6.45, 7) is 0. The van der Waals surface area contributed by atoms with E-state index in [0.717, 1.165) is 0 Å². The summed E-state index contributed by atoms with van der Waals surface area (Å²) in [6, 6.07) is 0.505. The van der Waals surface area contributed by atoms with Crippen LogP contribution in [0.2, 0.25) is 0 Å². The topological polar surface area (TPSA) is 26.0 Å². The molecular weight excluding hydrogens is 324 g/mol. The molecule has 0 amide bonds. The molecule has 2 N–H and O–H groups in total. The first kappa shape index (κ1) is 9.01. The molecule has 2 heteroatoms. The molecule has 1 aliphatic carbocycles. The van der Waals surface area contributed by atoms with E-state index in [4.69, 9.17) is 5.73 Å². The first-order valence-electron chi connectivity index (χ1n) is 2.97. The molecule has 1 nitrogen and oxygen atoms in total. The molecule has 0 heterocycles. The van der Waals surface area contributed by atoms with Gasteiger partial charge in [-0.15, -0.1) is 0 Å². The molecule has 1 rings (SSSR count). The van der Waals surface area contributed by atoms with E-state index in [9.17, 15) is 0 Å². The third-order valence-corrected chi connectivity index (χ3v) is 1.48. The van der Waals surface area contributed by atoms with Crippen molar-refractivity contribution in [1.29, 1.82) is 0 Å². The average molecular weight is 336 g/mol. The van der Waals surface area contributed by atoms with Crippen molar-refractivity contribution in [2.45, 2.75) is 31.7 Å². The van der Waals surface area contributed by atoms with Crippen LogP contribution in [0.5, 0.6) is 0 Å². The van der Waals surface area contributed by atoms with Gasteiger partial charge in [-0.3, -0.25) is 0 Å². The van der Waals surface area contributed by atoms with Gasteiger partial charge < -0.3 is 12.2 Å². The van der Waals surface area contributed by atoms with Crippen LogP contribution in [0.15, 0.2) is 0 Å². The molecule has 0 bridgehead atoms. The minimum atomic E-state index is 0. The third-order valence-electron chi connectivity index (χ3n) is 1.48. The summed E-state index contributed by atoms with van der Waals surface area (Å²) in [7, 11) is 0. The van der Waals surface area contributed by atoms with Crippen LogP contribution in [-0.4, -0.2) is 6.04 Å². The van der Waals surface area contributed by atoms with Crippen molar-refractivity contribution < 1.29 is 31.1 Å². The van der Waals surface area contributed by atoms with Gasteiger partial charge in [0.15, 0.2) is 0 Å². The maximum atomic E-state index is 5.61. The minimum Gasteiger partial charge on any atom is -0.328 e. The Morgan fingerprint density at radius 2 is 1.75 bits per heavy atom. The molecule has 1 aliphatic rings. The Bertz CT molecular complexity index is 50.5. The van der Waals surface area contributed by atoms with E-state index in [2.05, 4.69) is 6.42 Å². The van der Waals surface area contributed by atoms with E-state index in [1.54, 1.807) is 0 Å². The van der Waals surface area contributed by atoms with Crippen LogP contribution >= 0.6 is 0 Å². The SMILES string of the molecule is NC1CC[CH-]CC1.[U]. The van der Waals surface area contributed by atoms with E-state index >= 15 is 0 Å². The Morgan fingerprint density at radius 1 is 1.25 bits per heavy atom. The van der Waals surface area contributed by atoms with Crippen molar-refractivity contribution in [3.8, 4) is 0 Å². The van der Waals surface area contributed by atoms with Crippen LogP contribution in [0.1, 0.15) is 25.7 Å². The minimum absolute atomic E-state index is 0. The monoisotopic (exact) mass is 336 g/mol. The van der Waals surface area contributed by atoms with Crippen LogP contribution in [0.4, 0.5) is 0 Å². The summed E-state index contributed by atoms with van der Waals surface area (Å²) >= 11 is 0. The third kappa shape index (κ3) is 3.12. The summed E-state index contributed by atoms with van der Waals surface area (Å²) in [5, 5.41) is 0. The van der Waals surface area contributed by atoms with Gasteiger partial charge in [-0.25, -0.2) is 0 Å². The average Bonchev–Trinajstić information content (AvgIpc) is 1.69. The quantitative estimate of drug-likeness (QED) is 0.659. The molecule has 0 atom stereocenters. The number of nitrogens with two attached hydrogens (primary N) is 1. The summed E-state index contributed by atoms with van der Waals surface area (Å²) in [6.07, 6.45) is 7.21. The van der Waals surface area contributed by atoms with Gasteiger partial charge in [-0.1, -0.05) is 12.8 Å². The van der Waals surface area contributed by atoms with Crippen molar-refractivity contribution >= 4 is 0 Å². The maximum Gasteiger partial charge on any atom is 0 e. The second-order valence-electron chi connectivity index (χ2n) is 2.20. The largest absolute Gasteiger partial charge is 0.328 e. The first-order chi connectivity index (χ1) is 3.39. The van der Waals surface area contributed by atoms with Gasteiger partial charge in [-0.05, 0) is 6.04 Å². The van der Waals surface area contributed by atoms with Crippen LogP contribution in [0.25, 0.3) is 0 Å². The molecular formula is C6H12NU-. The smallest absolute Gasteiger partial charge is 0 e. The number of hydrogen-bond donors (Lipinski definition) is 1. The van der Waals surface area contributed by atoms with Gasteiger partial charge in [-0.2, -0.15) is 12.8 Å². The molecule has 1 saturated carbocycles. The molecule has 0 radical (unpaired) electrons. The fourth-order valence-electron chi connectivity index (χ4n) is 0.953. The van der Waals surface area contributed by atoms with Crippen LogP contribution in [0.3, 0.4) is 0 Å². The molecule has 8 heavy (non-hydrogen) atoms. The Morgan fingerprint density at radius 3 is 2.00 bits per heavy atom. The van der Waals surface area contributed by atoms with Crippen LogP contribution in [-0.2, 0) is 0 Å². The molecule has 0 aromatic carbocycles. The van der Waals surface area contributed by atoms with Crippen molar-refractivity contribution in [3.63, 3.8) is 0 Å². The zero-order valence-electron chi connectivity index (χ0n) is 5.06. The molecule has 0 saturated heterocycles. The van der Waals surface area contributed by atoms with E-state index in [0.29, 0.717) is 6.04 Å². The van der Waals surface area contributed by atoms with E-state index < -0.39 is 0 Å². The van der Waals surface area contributed by atoms with Crippen LogP contribution in [0, 0.1) is 37.5 Å².